The SMILES string of the molecule is COCCNC(=O)Nc1nc(CN2CCNCC2)nc2ccccc12. The molecule has 0 radical (unpaired) electrons. The average molecular weight is 344 g/mol. The normalized spacial score (nSPS) is 15.2. The van der Waals surface area contributed by atoms with E-state index in [1.807, 2.05) is 24.3 Å². The summed E-state index contributed by atoms with van der Waals surface area (Å²) in [6.45, 7) is 5.46. The highest BCUT2D eigenvalue weighted by molar-refractivity contribution is 5.98. The van der Waals surface area contributed by atoms with Crippen molar-refractivity contribution in [3.8, 4) is 0 Å². The second-order valence-electron chi connectivity index (χ2n) is 5.91. The van der Waals surface area contributed by atoms with Gasteiger partial charge in [-0.3, -0.25) is 10.2 Å². The number of nitrogens with one attached hydrogen (secondary N) is 3. The molecular weight excluding hydrogens is 320 g/mol. The summed E-state index contributed by atoms with van der Waals surface area (Å²) < 4.78 is 4.94. The van der Waals surface area contributed by atoms with Gasteiger partial charge in [0, 0.05) is 45.2 Å². The molecule has 0 aliphatic carbocycles. The summed E-state index contributed by atoms with van der Waals surface area (Å²) in [6, 6.07) is 7.40. The largest absolute Gasteiger partial charge is 0.383 e. The number of hydrogen-bond acceptors (Lipinski definition) is 6. The van der Waals surface area contributed by atoms with E-state index in [9.17, 15) is 4.79 Å². The van der Waals surface area contributed by atoms with E-state index >= 15 is 0 Å². The second-order valence-corrected chi connectivity index (χ2v) is 5.91. The first-order valence-electron chi connectivity index (χ1n) is 8.49. The molecular formula is C17H24N6O2. The Kier molecular flexibility index (Phi) is 6.10. The van der Waals surface area contributed by atoms with Crippen molar-refractivity contribution in [1.29, 1.82) is 0 Å². The molecule has 0 bridgehead atoms. The predicted octanol–water partition coefficient (Wildman–Crippen LogP) is 0.803. The fourth-order valence-electron chi connectivity index (χ4n) is 2.78. The Bertz CT molecular complexity index is 717. The average Bonchev–Trinajstić information content (AvgIpc) is 2.63. The minimum absolute atomic E-state index is 0.297. The van der Waals surface area contributed by atoms with Crippen LogP contribution in [0.2, 0.25) is 0 Å². The Balaban J connectivity index is 1.78. The first-order chi connectivity index (χ1) is 12.3. The number of ether oxygens (including phenoxy) is 1. The third kappa shape index (κ3) is 4.85. The van der Waals surface area contributed by atoms with Gasteiger partial charge in [-0.15, -0.1) is 0 Å². The molecule has 8 nitrogen and oxygen atoms in total. The fourth-order valence-corrected chi connectivity index (χ4v) is 2.78. The Hall–Kier alpha value is -2.29. The highest BCUT2D eigenvalue weighted by Gasteiger charge is 2.14. The lowest BCUT2D eigenvalue weighted by molar-refractivity contribution is 0.198. The molecule has 1 aliphatic rings. The highest BCUT2D eigenvalue weighted by atomic mass is 16.5. The third-order valence-electron chi connectivity index (χ3n) is 4.05. The van der Waals surface area contributed by atoms with Crippen molar-refractivity contribution in [2.75, 3.05) is 51.8 Å². The van der Waals surface area contributed by atoms with Crippen LogP contribution in [-0.4, -0.2) is 67.3 Å². The number of anilines is 1. The van der Waals surface area contributed by atoms with Gasteiger partial charge >= 0.3 is 6.03 Å². The minimum Gasteiger partial charge on any atom is -0.383 e. The number of para-hydroxylation sites is 1. The number of fused-ring (bicyclic) bond motifs is 1. The van der Waals surface area contributed by atoms with Crippen LogP contribution in [0.3, 0.4) is 0 Å². The molecule has 1 aromatic carbocycles. The fraction of sp³-hybridized carbons (Fsp3) is 0.471. The number of nitrogens with zero attached hydrogens (tertiary/aromatic N) is 3. The van der Waals surface area contributed by atoms with Gasteiger partial charge in [0.15, 0.2) is 0 Å². The molecule has 3 N–H and O–H groups in total. The van der Waals surface area contributed by atoms with Gasteiger partial charge in [-0.2, -0.15) is 0 Å². The summed E-state index contributed by atoms with van der Waals surface area (Å²) in [5, 5.41) is 9.74. The van der Waals surface area contributed by atoms with E-state index in [4.69, 9.17) is 4.74 Å². The van der Waals surface area contributed by atoms with Gasteiger partial charge in [-0.25, -0.2) is 14.8 Å². The van der Waals surface area contributed by atoms with E-state index < -0.39 is 0 Å². The Morgan fingerprint density at radius 3 is 2.88 bits per heavy atom. The summed E-state index contributed by atoms with van der Waals surface area (Å²) in [4.78, 5) is 23.6. The molecule has 25 heavy (non-hydrogen) atoms. The molecule has 8 heteroatoms. The molecule has 0 saturated carbocycles. The van der Waals surface area contributed by atoms with Crippen LogP contribution >= 0.6 is 0 Å². The molecule has 1 saturated heterocycles. The van der Waals surface area contributed by atoms with E-state index in [1.165, 1.54) is 0 Å². The molecule has 134 valence electrons. The number of carbonyl (C=O) groups is 1. The summed E-state index contributed by atoms with van der Waals surface area (Å²) in [5.41, 5.74) is 0.829. The van der Waals surface area contributed by atoms with Crippen molar-refractivity contribution in [3.05, 3.63) is 30.1 Å². The molecule has 1 fully saturated rings. The van der Waals surface area contributed by atoms with Crippen molar-refractivity contribution in [1.82, 2.24) is 25.5 Å². The number of piperazine rings is 1. The second kappa shape index (κ2) is 8.70. The van der Waals surface area contributed by atoms with Crippen LogP contribution in [0.25, 0.3) is 10.9 Å². The van der Waals surface area contributed by atoms with Crippen LogP contribution in [0.5, 0.6) is 0 Å². The number of methoxy groups -OCH3 is 1. The molecule has 0 atom stereocenters. The maximum atomic E-state index is 12.1. The maximum absolute atomic E-state index is 12.1. The zero-order valence-electron chi connectivity index (χ0n) is 14.4. The van der Waals surface area contributed by atoms with E-state index in [-0.39, 0.29) is 6.03 Å². The van der Waals surface area contributed by atoms with Gasteiger partial charge in [0.25, 0.3) is 0 Å². The number of aromatic nitrogens is 2. The number of urea groups is 1. The van der Waals surface area contributed by atoms with E-state index in [0.717, 1.165) is 37.1 Å². The number of rotatable bonds is 6. The summed E-state index contributed by atoms with van der Waals surface area (Å²) in [6.07, 6.45) is 0. The molecule has 2 heterocycles. The molecule has 0 spiro atoms. The van der Waals surface area contributed by atoms with Crippen molar-refractivity contribution < 1.29 is 9.53 Å². The molecule has 1 aliphatic heterocycles. The summed E-state index contributed by atoms with van der Waals surface area (Å²) >= 11 is 0. The van der Waals surface area contributed by atoms with Gasteiger partial charge in [-0.1, -0.05) is 12.1 Å². The van der Waals surface area contributed by atoms with Crippen LogP contribution < -0.4 is 16.0 Å². The number of hydrogen-bond donors (Lipinski definition) is 3. The zero-order valence-corrected chi connectivity index (χ0v) is 14.4. The molecule has 2 aromatic rings. The van der Waals surface area contributed by atoms with Crippen LogP contribution in [0.15, 0.2) is 24.3 Å². The summed E-state index contributed by atoms with van der Waals surface area (Å²) in [7, 11) is 1.60. The van der Waals surface area contributed by atoms with Gasteiger partial charge in [0.1, 0.15) is 11.6 Å². The number of benzene rings is 1. The third-order valence-corrected chi connectivity index (χ3v) is 4.05. The predicted molar refractivity (Wildman–Crippen MR) is 96.6 cm³/mol. The quantitative estimate of drug-likeness (QED) is 0.672. The first-order valence-corrected chi connectivity index (χ1v) is 8.49. The van der Waals surface area contributed by atoms with E-state index in [0.29, 0.717) is 31.3 Å². The van der Waals surface area contributed by atoms with Crippen molar-refractivity contribution >= 4 is 22.8 Å². The van der Waals surface area contributed by atoms with Gasteiger partial charge in [0.2, 0.25) is 0 Å². The minimum atomic E-state index is -0.297. The number of amides is 2. The molecule has 2 amide bonds. The monoisotopic (exact) mass is 344 g/mol. The van der Waals surface area contributed by atoms with Crippen LogP contribution in [-0.2, 0) is 11.3 Å². The lowest BCUT2D eigenvalue weighted by Crippen LogP contribution is -2.43. The van der Waals surface area contributed by atoms with E-state index in [1.54, 1.807) is 7.11 Å². The van der Waals surface area contributed by atoms with Crippen molar-refractivity contribution in [2.45, 2.75) is 6.54 Å². The summed E-state index contributed by atoms with van der Waals surface area (Å²) in [5.74, 6) is 1.25. The van der Waals surface area contributed by atoms with Crippen LogP contribution in [0, 0.1) is 0 Å². The standard InChI is InChI=1S/C17H24N6O2/c1-25-11-8-19-17(24)22-16-13-4-2-3-5-14(13)20-15(21-16)12-23-9-6-18-7-10-23/h2-5,18H,6-12H2,1H3,(H2,19,20,21,22,24). The Morgan fingerprint density at radius 1 is 1.28 bits per heavy atom. The van der Waals surface area contributed by atoms with Crippen LogP contribution in [0.4, 0.5) is 10.6 Å². The molecule has 3 rings (SSSR count). The zero-order chi connectivity index (χ0) is 17.5. The maximum Gasteiger partial charge on any atom is 0.320 e. The lowest BCUT2D eigenvalue weighted by Gasteiger charge is -2.26. The Labute approximate surface area is 147 Å². The molecule has 0 unspecified atom stereocenters. The lowest BCUT2D eigenvalue weighted by atomic mass is 10.2. The van der Waals surface area contributed by atoms with E-state index in [2.05, 4.69) is 30.8 Å². The topological polar surface area (TPSA) is 91.4 Å². The smallest absolute Gasteiger partial charge is 0.320 e. The first kappa shape index (κ1) is 17.5. The van der Waals surface area contributed by atoms with Crippen molar-refractivity contribution in [2.24, 2.45) is 0 Å². The Morgan fingerprint density at radius 2 is 2.08 bits per heavy atom. The van der Waals surface area contributed by atoms with Gasteiger partial charge in [-0.05, 0) is 12.1 Å². The van der Waals surface area contributed by atoms with Gasteiger partial charge in [0.05, 0.1) is 18.7 Å². The molecule has 1 aromatic heterocycles. The van der Waals surface area contributed by atoms with Crippen LogP contribution in [0.1, 0.15) is 5.82 Å². The highest BCUT2D eigenvalue weighted by Crippen LogP contribution is 2.20. The number of carbonyl (C=O) groups excluding carboxylic acids is 1. The van der Waals surface area contributed by atoms with Crippen molar-refractivity contribution in [3.63, 3.8) is 0 Å². The van der Waals surface area contributed by atoms with Gasteiger partial charge < -0.3 is 15.4 Å².